The maximum atomic E-state index is 12.1. The molecule has 5 aliphatic rings. The molecule has 0 spiro atoms. The van der Waals surface area contributed by atoms with E-state index in [9.17, 15) is 9.90 Å². The van der Waals surface area contributed by atoms with Crippen LogP contribution in [0.5, 0.6) is 0 Å². The van der Waals surface area contributed by atoms with Gasteiger partial charge < -0.3 is 9.84 Å². The van der Waals surface area contributed by atoms with Crippen molar-refractivity contribution in [3.8, 4) is 0 Å². The molecule has 1 aromatic rings. The maximum Gasteiger partial charge on any atom is 0.156 e. The molecule has 3 heteroatoms. The normalized spacial score (nSPS) is 38.7. The number of hydrogen-bond donors (Lipinski definition) is 1. The number of fused-ring (bicyclic) bond motifs is 4. The SMILES string of the molecule is CC1(c2ccc(C3CC4(C)C(O)CCC4C4CCC5=CC(=O)CCC5=C34)cc2)COC1. The number of aliphatic hydroxyl groups excluding tert-OH is 1. The third-order valence-electron chi connectivity index (χ3n) is 9.53. The van der Waals surface area contributed by atoms with Gasteiger partial charge in [-0.25, -0.2) is 0 Å². The van der Waals surface area contributed by atoms with Gasteiger partial charge in [0.1, 0.15) is 0 Å². The molecule has 31 heavy (non-hydrogen) atoms. The number of allylic oxidation sites excluding steroid dienone is 4. The second-order valence-corrected chi connectivity index (χ2v) is 11.4. The first-order chi connectivity index (χ1) is 14.9. The summed E-state index contributed by atoms with van der Waals surface area (Å²) in [6.07, 6.45) is 8.58. The molecule has 3 fully saturated rings. The summed E-state index contributed by atoms with van der Waals surface area (Å²) < 4.78 is 5.48. The molecule has 2 saturated carbocycles. The van der Waals surface area contributed by atoms with Gasteiger partial charge in [-0.05, 0) is 84.1 Å². The Labute approximate surface area is 185 Å². The van der Waals surface area contributed by atoms with Crippen molar-refractivity contribution in [2.24, 2.45) is 17.3 Å². The van der Waals surface area contributed by atoms with Crippen molar-refractivity contribution in [1.29, 1.82) is 0 Å². The van der Waals surface area contributed by atoms with Crippen LogP contribution in [0.3, 0.4) is 0 Å². The molecule has 1 aromatic carbocycles. The number of aliphatic hydroxyl groups is 1. The number of benzene rings is 1. The molecular formula is C28H34O3. The predicted molar refractivity (Wildman–Crippen MR) is 121 cm³/mol. The summed E-state index contributed by atoms with van der Waals surface area (Å²) in [6.45, 7) is 6.24. The van der Waals surface area contributed by atoms with Crippen LogP contribution in [-0.2, 0) is 14.9 Å². The molecule has 1 N–H and O–H groups in total. The van der Waals surface area contributed by atoms with Gasteiger partial charge in [0.15, 0.2) is 5.78 Å². The fraction of sp³-hybridized carbons (Fsp3) is 0.607. The fourth-order valence-electron chi connectivity index (χ4n) is 7.62. The van der Waals surface area contributed by atoms with Crippen LogP contribution in [0.4, 0.5) is 0 Å². The molecule has 1 saturated heterocycles. The zero-order valence-electron chi connectivity index (χ0n) is 18.8. The predicted octanol–water partition coefficient (Wildman–Crippen LogP) is 5.23. The highest BCUT2D eigenvalue weighted by atomic mass is 16.5. The zero-order valence-corrected chi connectivity index (χ0v) is 18.8. The minimum Gasteiger partial charge on any atom is -0.393 e. The van der Waals surface area contributed by atoms with E-state index >= 15 is 0 Å². The number of carbonyl (C=O) groups is 1. The van der Waals surface area contributed by atoms with E-state index in [4.69, 9.17) is 4.74 Å². The second kappa shape index (κ2) is 6.89. The molecule has 164 valence electrons. The number of ether oxygens (including phenoxy) is 1. The number of ketones is 1. The maximum absolute atomic E-state index is 12.1. The Hall–Kier alpha value is -1.71. The molecule has 5 unspecified atom stereocenters. The molecule has 1 aliphatic heterocycles. The molecule has 0 amide bonds. The summed E-state index contributed by atoms with van der Waals surface area (Å²) in [5.74, 6) is 1.78. The van der Waals surface area contributed by atoms with Gasteiger partial charge in [-0.1, -0.05) is 43.7 Å². The Balaban J connectivity index is 1.45. The van der Waals surface area contributed by atoms with Crippen LogP contribution < -0.4 is 0 Å². The Morgan fingerprint density at radius 3 is 2.48 bits per heavy atom. The van der Waals surface area contributed by atoms with Crippen LogP contribution in [0.15, 0.2) is 47.1 Å². The third-order valence-corrected chi connectivity index (χ3v) is 9.53. The van der Waals surface area contributed by atoms with Crippen molar-refractivity contribution >= 4 is 5.78 Å². The summed E-state index contributed by atoms with van der Waals surface area (Å²) in [6, 6.07) is 9.29. The van der Waals surface area contributed by atoms with Gasteiger partial charge in [-0.15, -0.1) is 0 Å². The molecule has 4 aliphatic carbocycles. The molecule has 5 atom stereocenters. The highest BCUT2D eigenvalue weighted by molar-refractivity contribution is 5.93. The average Bonchev–Trinajstić information content (AvgIpc) is 3.05. The molecule has 3 nitrogen and oxygen atoms in total. The van der Waals surface area contributed by atoms with Crippen LogP contribution in [0.2, 0.25) is 0 Å². The summed E-state index contributed by atoms with van der Waals surface area (Å²) >= 11 is 0. The second-order valence-electron chi connectivity index (χ2n) is 11.4. The minimum absolute atomic E-state index is 0.00242. The van der Waals surface area contributed by atoms with Gasteiger partial charge in [0.2, 0.25) is 0 Å². The van der Waals surface area contributed by atoms with Gasteiger partial charge in [-0.3, -0.25) is 4.79 Å². The minimum atomic E-state index is -0.193. The van der Waals surface area contributed by atoms with Gasteiger partial charge in [0.25, 0.3) is 0 Å². The molecular weight excluding hydrogens is 384 g/mol. The highest BCUT2D eigenvalue weighted by Crippen LogP contribution is 2.63. The molecule has 0 aromatic heterocycles. The Morgan fingerprint density at radius 1 is 1.00 bits per heavy atom. The standard InChI is InChI=1S/C28H34O3/c1-27(15-31-16-27)19-6-3-17(4-7-19)23-14-28(2)24(11-12-25(28)30)22-9-5-18-13-20(29)8-10-21(18)26(22)23/h3-4,6-7,13,22-25,30H,5,8-12,14-16H2,1-2H3. The first-order valence-electron chi connectivity index (χ1n) is 12.2. The van der Waals surface area contributed by atoms with E-state index in [1.54, 1.807) is 5.57 Å². The summed E-state index contributed by atoms with van der Waals surface area (Å²) in [7, 11) is 0. The molecule has 0 radical (unpaired) electrons. The lowest BCUT2D eigenvalue weighted by Crippen LogP contribution is -2.45. The van der Waals surface area contributed by atoms with Gasteiger partial charge in [0.05, 0.1) is 19.3 Å². The summed E-state index contributed by atoms with van der Waals surface area (Å²) in [4.78, 5) is 12.1. The monoisotopic (exact) mass is 418 g/mol. The molecule has 6 rings (SSSR count). The Bertz CT molecular complexity index is 980. The van der Waals surface area contributed by atoms with E-state index in [-0.39, 0.29) is 16.9 Å². The van der Waals surface area contributed by atoms with E-state index in [0.29, 0.717) is 30.0 Å². The fourth-order valence-corrected chi connectivity index (χ4v) is 7.62. The van der Waals surface area contributed by atoms with E-state index in [2.05, 4.69) is 38.1 Å². The van der Waals surface area contributed by atoms with E-state index in [1.165, 1.54) is 22.3 Å². The van der Waals surface area contributed by atoms with E-state index < -0.39 is 0 Å². The Morgan fingerprint density at radius 2 is 1.77 bits per heavy atom. The average molecular weight is 419 g/mol. The van der Waals surface area contributed by atoms with Crippen LogP contribution in [-0.4, -0.2) is 30.2 Å². The zero-order chi connectivity index (χ0) is 21.4. The van der Waals surface area contributed by atoms with Gasteiger partial charge in [0, 0.05) is 17.8 Å². The van der Waals surface area contributed by atoms with E-state index in [0.717, 1.165) is 51.7 Å². The van der Waals surface area contributed by atoms with Crippen molar-refractivity contribution < 1.29 is 14.6 Å². The van der Waals surface area contributed by atoms with Gasteiger partial charge >= 0.3 is 0 Å². The number of carbonyl (C=O) groups excluding carboxylic acids is 1. The van der Waals surface area contributed by atoms with Crippen molar-refractivity contribution in [3.05, 3.63) is 58.2 Å². The number of rotatable bonds is 2. The van der Waals surface area contributed by atoms with Crippen molar-refractivity contribution in [2.45, 2.75) is 76.2 Å². The highest BCUT2D eigenvalue weighted by Gasteiger charge is 2.56. The number of hydrogen-bond acceptors (Lipinski definition) is 3. The third kappa shape index (κ3) is 2.89. The smallest absolute Gasteiger partial charge is 0.156 e. The molecule has 0 bridgehead atoms. The first-order valence-corrected chi connectivity index (χ1v) is 12.2. The lowest BCUT2D eigenvalue weighted by molar-refractivity contribution is -0.114. The van der Waals surface area contributed by atoms with Crippen LogP contribution >= 0.6 is 0 Å². The summed E-state index contributed by atoms with van der Waals surface area (Å²) in [5.41, 5.74) is 7.32. The van der Waals surface area contributed by atoms with Crippen LogP contribution in [0.1, 0.15) is 75.8 Å². The lowest BCUT2D eigenvalue weighted by atomic mass is 9.53. The van der Waals surface area contributed by atoms with Crippen LogP contribution in [0, 0.1) is 17.3 Å². The lowest BCUT2D eigenvalue weighted by Gasteiger charge is -2.52. The van der Waals surface area contributed by atoms with Gasteiger partial charge in [-0.2, -0.15) is 0 Å². The quantitative estimate of drug-likeness (QED) is 0.715. The topological polar surface area (TPSA) is 46.5 Å². The Kier molecular flexibility index (Phi) is 4.43. The van der Waals surface area contributed by atoms with Crippen LogP contribution in [0.25, 0.3) is 0 Å². The summed E-state index contributed by atoms with van der Waals surface area (Å²) in [5, 5.41) is 11.0. The largest absolute Gasteiger partial charge is 0.393 e. The van der Waals surface area contributed by atoms with Crippen molar-refractivity contribution in [2.75, 3.05) is 13.2 Å². The first kappa shape index (κ1) is 19.9. The molecule has 1 heterocycles. The van der Waals surface area contributed by atoms with Crippen molar-refractivity contribution in [1.82, 2.24) is 0 Å². The van der Waals surface area contributed by atoms with E-state index in [1.807, 2.05) is 6.08 Å². The van der Waals surface area contributed by atoms with Crippen molar-refractivity contribution in [3.63, 3.8) is 0 Å².